The Morgan fingerprint density at radius 2 is 2.00 bits per heavy atom. The molecule has 0 radical (unpaired) electrons. The van der Waals surface area contributed by atoms with Gasteiger partial charge < -0.3 is 4.90 Å². The van der Waals surface area contributed by atoms with Crippen LogP contribution in [0.5, 0.6) is 0 Å². The molecular weight excluding hydrogens is 351 g/mol. The molecule has 1 unspecified atom stereocenters. The maximum atomic E-state index is 13.2. The summed E-state index contributed by atoms with van der Waals surface area (Å²) < 4.78 is 14.8. The van der Waals surface area contributed by atoms with E-state index >= 15 is 0 Å². The van der Waals surface area contributed by atoms with Crippen molar-refractivity contribution in [1.82, 2.24) is 9.47 Å². The third-order valence-corrected chi connectivity index (χ3v) is 5.52. The van der Waals surface area contributed by atoms with Crippen molar-refractivity contribution in [2.24, 2.45) is 0 Å². The molecule has 0 N–H and O–H groups in total. The van der Waals surface area contributed by atoms with Crippen LogP contribution in [0.25, 0.3) is 10.9 Å². The molecule has 2 heterocycles. The van der Waals surface area contributed by atoms with Gasteiger partial charge in [0.25, 0.3) is 5.91 Å². The Hall–Kier alpha value is -2.17. The zero-order valence-electron chi connectivity index (χ0n) is 14.6. The fraction of sp³-hybridized carbons (Fsp3) is 0.286. The molecule has 1 atom stereocenters. The highest BCUT2D eigenvalue weighted by molar-refractivity contribution is 6.31. The summed E-state index contributed by atoms with van der Waals surface area (Å²) in [4.78, 5) is 15.3. The standard InChI is InChI=1S/C21H20ClFN2O/c1-24-10-2-3-18(24)11-15-13-25(20-9-6-16(22)12-19(15)20)21(26)14-4-7-17(23)8-5-14/h4-9,12-13,18H,2-3,10-11H2,1H3. The molecule has 3 nitrogen and oxygen atoms in total. The second kappa shape index (κ2) is 6.86. The Morgan fingerprint density at radius 1 is 1.23 bits per heavy atom. The van der Waals surface area contributed by atoms with Crippen molar-refractivity contribution < 1.29 is 9.18 Å². The zero-order valence-corrected chi connectivity index (χ0v) is 15.3. The minimum atomic E-state index is -0.351. The first-order valence-electron chi connectivity index (χ1n) is 8.83. The van der Waals surface area contributed by atoms with Gasteiger partial charge in [0, 0.05) is 28.2 Å². The van der Waals surface area contributed by atoms with E-state index < -0.39 is 0 Å². The summed E-state index contributed by atoms with van der Waals surface area (Å²) >= 11 is 6.21. The minimum Gasteiger partial charge on any atom is -0.303 e. The summed E-state index contributed by atoms with van der Waals surface area (Å²) in [5.41, 5.74) is 2.42. The monoisotopic (exact) mass is 370 g/mol. The predicted octanol–water partition coefficient (Wildman–Crippen LogP) is 4.76. The number of carbonyl (C=O) groups is 1. The van der Waals surface area contributed by atoms with Crippen molar-refractivity contribution in [3.8, 4) is 0 Å². The van der Waals surface area contributed by atoms with Gasteiger partial charge in [0.2, 0.25) is 0 Å². The quantitative estimate of drug-likeness (QED) is 0.664. The van der Waals surface area contributed by atoms with Gasteiger partial charge in [0.1, 0.15) is 5.82 Å². The minimum absolute atomic E-state index is 0.164. The lowest BCUT2D eigenvalue weighted by Gasteiger charge is -2.18. The number of hydrogen-bond donors (Lipinski definition) is 0. The second-order valence-electron chi connectivity index (χ2n) is 6.98. The van der Waals surface area contributed by atoms with Gasteiger partial charge in [-0.05, 0) is 80.9 Å². The van der Waals surface area contributed by atoms with E-state index in [1.54, 1.807) is 10.6 Å². The molecule has 5 heteroatoms. The van der Waals surface area contributed by atoms with Gasteiger partial charge in [-0.3, -0.25) is 9.36 Å². The predicted molar refractivity (Wildman–Crippen MR) is 102 cm³/mol. The summed E-state index contributed by atoms with van der Waals surface area (Å²) in [6, 6.07) is 11.7. The molecule has 1 aromatic heterocycles. The molecule has 1 saturated heterocycles. The highest BCUT2D eigenvalue weighted by Gasteiger charge is 2.24. The Labute approximate surface area is 157 Å². The van der Waals surface area contributed by atoms with Crippen LogP contribution in [-0.4, -0.2) is 35.0 Å². The van der Waals surface area contributed by atoms with Crippen LogP contribution in [0.2, 0.25) is 5.02 Å². The number of benzene rings is 2. The van der Waals surface area contributed by atoms with Crippen LogP contribution in [0.15, 0.2) is 48.7 Å². The van der Waals surface area contributed by atoms with Gasteiger partial charge >= 0.3 is 0 Å². The molecule has 1 fully saturated rings. The number of halogens is 2. The third-order valence-electron chi connectivity index (χ3n) is 5.29. The van der Waals surface area contributed by atoms with Crippen molar-refractivity contribution in [3.05, 3.63) is 70.6 Å². The van der Waals surface area contributed by atoms with E-state index in [1.165, 1.54) is 30.7 Å². The molecule has 26 heavy (non-hydrogen) atoms. The van der Waals surface area contributed by atoms with E-state index in [2.05, 4.69) is 11.9 Å². The lowest BCUT2D eigenvalue weighted by atomic mass is 10.0. The first kappa shape index (κ1) is 17.3. The van der Waals surface area contributed by atoms with Crippen LogP contribution in [0, 0.1) is 5.82 Å². The lowest BCUT2D eigenvalue weighted by molar-refractivity contribution is 0.0964. The van der Waals surface area contributed by atoms with E-state index in [9.17, 15) is 9.18 Å². The van der Waals surface area contributed by atoms with Crippen molar-refractivity contribution in [1.29, 1.82) is 0 Å². The lowest BCUT2D eigenvalue weighted by Crippen LogP contribution is -2.26. The van der Waals surface area contributed by atoms with E-state index in [0.717, 1.165) is 35.9 Å². The van der Waals surface area contributed by atoms with Crippen LogP contribution < -0.4 is 0 Å². The molecule has 0 spiro atoms. The molecule has 0 bridgehead atoms. The Morgan fingerprint density at radius 3 is 2.69 bits per heavy atom. The Kier molecular flexibility index (Phi) is 4.55. The summed E-state index contributed by atoms with van der Waals surface area (Å²) in [6.45, 7) is 1.11. The van der Waals surface area contributed by atoms with Crippen LogP contribution in [0.3, 0.4) is 0 Å². The molecule has 4 rings (SSSR count). The van der Waals surface area contributed by atoms with Crippen LogP contribution in [0.4, 0.5) is 4.39 Å². The molecule has 0 aliphatic carbocycles. The normalized spacial score (nSPS) is 17.9. The average molecular weight is 371 g/mol. The molecule has 0 amide bonds. The zero-order chi connectivity index (χ0) is 18.3. The van der Waals surface area contributed by atoms with E-state index in [1.807, 2.05) is 18.3 Å². The van der Waals surface area contributed by atoms with Crippen molar-refractivity contribution >= 4 is 28.4 Å². The topological polar surface area (TPSA) is 25.2 Å². The molecule has 3 aromatic rings. The summed E-state index contributed by atoms with van der Waals surface area (Å²) in [6.07, 6.45) is 5.17. The maximum Gasteiger partial charge on any atom is 0.262 e. The number of carbonyl (C=O) groups excluding carboxylic acids is 1. The number of aromatic nitrogens is 1. The highest BCUT2D eigenvalue weighted by atomic mass is 35.5. The summed E-state index contributed by atoms with van der Waals surface area (Å²) in [7, 11) is 2.15. The molecule has 1 aliphatic rings. The van der Waals surface area contributed by atoms with Gasteiger partial charge in [-0.2, -0.15) is 0 Å². The third kappa shape index (κ3) is 3.15. The van der Waals surface area contributed by atoms with Crippen LogP contribution in [-0.2, 0) is 6.42 Å². The van der Waals surface area contributed by atoms with Gasteiger partial charge in [-0.15, -0.1) is 0 Å². The highest BCUT2D eigenvalue weighted by Crippen LogP contribution is 2.29. The largest absolute Gasteiger partial charge is 0.303 e. The summed E-state index contributed by atoms with van der Waals surface area (Å²) in [5, 5.41) is 1.67. The van der Waals surface area contributed by atoms with Crippen LogP contribution in [0.1, 0.15) is 28.8 Å². The molecule has 0 saturated carbocycles. The molecule has 1 aliphatic heterocycles. The molecular formula is C21H20ClFN2O. The number of fused-ring (bicyclic) bond motifs is 1. The second-order valence-corrected chi connectivity index (χ2v) is 7.42. The van der Waals surface area contributed by atoms with Gasteiger partial charge in [0.15, 0.2) is 0 Å². The number of likely N-dealkylation sites (N-methyl/N-ethyl adjacent to an activating group) is 1. The van der Waals surface area contributed by atoms with Gasteiger partial charge in [-0.1, -0.05) is 11.6 Å². The fourth-order valence-corrected chi connectivity index (χ4v) is 4.00. The van der Waals surface area contributed by atoms with E-state index in [-0.39, 0.29) is 11.7 Å². The van der Waals surface area contributed by atoms with Gasteiger partial charge in [-0.25, -0.2) is 4.39 Å². The molecule has 134 valence electrons. The number of nitrogens with zero attached hydrogens (tertiary/aromatic N) is 2. The summed E-state index contributed by atoms with van der Waals surface area (Å²) in [5.74, 6) is -0.515. The SMILES string of the molecule is CN1CCCC1Cc1cn(C(=O)c2ccc(F)cc2)c2ccc(Cl)cc12. The number of rotatable bonds is 3. The first-order chi connectivity index (χ1) is 12.5. The van der Waals surface area contributed by atoms with E-state index in [4.69, 9.17) is 11.6 Å². The smallest absolute Gasteiger partial charge is 0.262 e. The van der Waals surface area contributed by atoms with Crippen molar-refractivity contribution in [2.45, 2.75) is 25.3 Å². The average Bonchev–Trinajstić information content (AvgIpc) is 3.19. The first-order valence-corrected chi connectivity index (χ1v) is 9.21. The van der Waals surface area contributed by atoms with Crippen LogP contribution >= 0.6 is 11.6 Å². The number of hydrogen-bond acceptors (Lipinski definition) is 2. The molecule has 2 aromatic carbocycles. The van der Waals surface area contributed by atoms with Crippen molar-refractivity contribution in [3.63, 3.8) is 0 Å². The maximum absolute atomic E-state index is 13.2. The van der Waals surface area contributed by atoms with Crippen molar-refractivity contribution in [2.75, 3.05) is 13.6 Å². The number of likely N-dealkylation sites (tertiary alicyclic amines) is 1. The van der Waals surface area contributed by atoms with E-state index in [0.29, 0.717) is 16.6 Å². The van der Waals surface area contributed by atoms with Gasteiger partial charge in [0.05, 0.1) is 5.52 Å². The fourth-order valence-electron chi connectivity index (χ4n) is 3.82. The Bertz CT molecular complexity index is 964. The Balaban J connectivity index is 1.77.